The van der Waals surface area contributed by atoms with Gasteiger partial charge in [-0.3, -0.25) is 14.4 Å². The van der Waals surface area contributed by atoms with Crippen LogP contribution >= 0.6 is 0 Å². The number of benzene rings is 3. The number of carbonyl (C=O) groups is 3. The predicted octanol–water partition coefficient (Wildman–Crippen LogP) is 3.74. The van der Waals surface area contributed by atoms with Gasteiger partial charge in [0.15, 0.2) is 11.6 Å². The van der Waals surface area contributed by atoms with Gasteiger partial charge in [-0.15, -0.1) is 0 Å². The number of hydrogen-bond acceptors (Lipinski definition) is 5. The minimum Gasteiger partial charge on any atom is -0.508 e. The first-order valence-corrected chi connectivity index (χ1v) is 12.2. The van der Waals surface area contributed by atoms with Crippen LogP contribution in [-0.4, -0.2) is 47.1 Å². The molecule has 3 rings (SSSR count). The Morgan fingerprint density at radius 2 is 1.36 bits per heavy atom. The highest BCUT2D eigenvalue weighted by Crippen LogP contribution is 2.18. The summed E-state index contributed by atoms with van der Waals surface area (Å²) in [5.41, 5.74) is 9.05. The fourth-order valence-electron chi connectivity index (χ4n) is 4.20. The lowest BCUT2D eigenvalue weighted by atomic mass is 9.89. The topological polar surface area (TPSA) is 101 Å². The van der Waals surface area contributed by atoms with Gasteiger partial charge in [-0.25, -0.2) is 0 Å². The van der Waals surface area contributed by atoms with Crippen molar-refractivity contribution in [2.75, 3.05) is 13.6 Å². The molecule has 0 saturated carbocycles. The number of Topliss-reactive ketones (excluding diaryl/α,β-unsaturated/α-hetero) is 2. The number of amides is 1. The Hall–Kier alpha value is -3.77. The third-order valence-corrected chi connectivity index (χ3v) is 6.25. The first-order chi connectivity index (χ1) is 17.3. The molecule has 0 aliphatic heterocycles. The van der Waals surface area contributed by atoms with Gasteiger partial charge in [-0.2, -0.15) is 0 Å². The Bertz CT molecular complexity index is 1130. The van der Waals surface area contributed by atoms with E-state index in [2.05, 4.69) is 0 Å². The zero-order valence-electron chi connectivity index (χ0n) is 20.7. The third-order valence-electron chi connectivity index (χ3n) is 6.25. The van der Waals surface area contributed by atoms with E-state index in [0.29, 0.717) is 25.7 Å². The monoisotopic (exact) mass is 486 g/mol. The van der Waals surface area contributed by atoms with Gasteiger partial charge in [0.2, 0.25) is 5.91 Å². The highest BCUT2D eigenvalue weighted by atomic mass is 16.3. The van der Waals surface area contributed by atoms with Crippen molar-refractivity contribution in [2.45, 2.75) is 38.1 Å². The number of rotatable bonds is 13. The Balaban J connectivity index is 1.63. The van der Waals surface area contributed by atoms with Crippen LogP contribution in [0.1, 0.15) is 29.5 Å². The summed E-state index contributed by atoms with van der Waals surface area (Å²) in [6, 6.07) is 25.1. The van der Waals surface area contributed by atoms with E-state index in [4.69, 9.17) is 5.73 Å². The molecule has 0 saturated heterocycles. The van der Waals surface area contributed by atoms with E-state index in [0.717, 1.165) is 16.7 Å². The summed E-state index contributed by atoms with van der Waals surface area (Å²) in [6.07, 6.45) is 1.68. The predicted molar refractivity (Wildman–Crippen MR) is 140 cm³/mol. The van der Waals surface area contributed by atoms with Gasteiger partial charge in [0, 0.05) is 25.8 Å². The Kier molecular flexibility index (Phi) is 9.95. The largest absolute Gasteiger partial charge is 0.508 e. The number of ketones is 2. The van der Waals surface area contributed by atoms with E-state index in [1.165, 1.54) is 4.90 Å². The fourth-order valence-corrected chi connectivity index (χ4v) is 4.20. The van der Waals surface area contributed by atoms with Gasteiger partial charge < -0.3 is 15.7 Å². The number of nitrogens with two attached hydrogens (primary N) is 1. The molecule has 0 radical (unpaired) electrons. The number of phenolic OH excluding ortho intramolecular Hbond substituents is 1. The van der Waals surface area contributed by atoms with Gasteiger partial charge in [0.1, 0.15) is 5.75 Å². The Morgan fingerprint density at radius 1 is 0.806 bits per heavy atom. The molecule has 0 fully saturated rings. The summed E-state index contributed by atoms with van der Waals surface area (Å²) in [7, 11) is 1.61. The molecule has 3 aromatic rings. The van der Waals surface area contributed by atoms with Gasteiger partial charge in [0.25, 0.3) is 0 Å². The van der Waals surface area contributed by atoms with Crippen LogP contribution < -0.4 is 5.73 Å². The maximum Gasteiger partial charge on any atom is 0.226 e. The highest BCUT2D eigenvalue weighted by molar-refractivity contribution is 5.92. The van der Waals surface area contributed by atoms with Crippen molar-refractivity contribution in [3.8, 4) is 5.75 Å². The fraction of sp³-hybridized carbons (Fsp3) is 0.300. The number of nitrogens with zero attached hydrogens (tertiary/aromatic N) is 1. The van der Waals surface area contributed by atoms with E-state index < -0.39 is 12.0 Å². The first-order valence-electron chi connectivity index (χ1n) is 12.2. The van der Waals surface area contributed by atoms with Crippen molar-refractivity contribution in [3.05, 3.63) is 102 Å². The summed E-state index contributed by atoms with van der Waals surface area (Å²) in [4.78, 5) is 40.4. The summed E-state index contributed by atoms with van der Waals surface area (Å²) in [5.74, 6) is -0.937. The molecule has 0 bridgehead atoms. The van der Waals surface area contributed by atoms with Crippen LogP contribution in [0.15, 0.2) is 84.9 Å². The van der Waals surface area contributed by atoms with E-state index in [-0.39, 0.29) is 36.2 Å². The quantitative estimate of drug-likeness (QED) is 0.383. The van der Waals surface area contributed by atoms with Crippen LogP contribution in [0.3, 0.4) is 0 Å². The first kappa shape index (κ1) is 26.8. The maximum absolute atomic E-state index is 13.4. The Morgan fingerprint density at radius 3 is 1.97 bits per heavy atom. The average Bonchev–Trinajstić information content (AvgIpc) is 2.89. The number of aromatic hydroxyl groups is 1. The van der Waals surface area contributed by atoms with Gasteiger partial charge in [0.05, 0.1) is 12.6 Å². The third kappa shape index (κ3) is 8.47. The SMILES string of the molecule is CN(CC(=O)CCc1ccccc1)C(=O)[C@H](CC(=O)[C@@H](N)Cc1ccc(O)cc1)Cc1ccccc1. The average molecular weight is 487 g/mol. The molecule has 6 nitrogen and oxygen atoms in total. The van der Waals surface area contributed by atoms with Crippen LogP contribution in [-0.2, 0) is 33.6 Å². The molecule has 6 heteroatoms. The Labute approximate surface area is 212 Å². The van der Waals surface area contributed by atoms with Crippen LogP contribution in [0, 0.1) is 5.92 Å². The molecule has 0 unspecified atom stereocenters. The van der Waals surface area contributed by atoms with E-state index >= 15 is 0 Å². The zero-order chi connectivity index (χ0) is 25.9. The van der Waals surface area contributed by atoms with Crippen LogP contribution in [0.2, 0.25) is 0 Å². The van der Waals surface area contributed by atoms with Gasteiger partial charge >= 0.3 is 0 Å². The van der Waals surface area contributed by atoms with Crippen LogP contribution in [0.25, 0.3) is 0 Å². The second-order valence-corrected chi connectivity index (χ2v) is 9.25. The molecule has 0 aromatic heterocycles. The van der Waals surface area contributed by atoms with Crippen molar-refractivity contribution in [3.63, 3.8) is 0 Å². The molecular weight excluding hydrogens is 452 g/mol. The number of carbonyl (C=O) groups excluding carboxylic acids is 3. The molecule has 3 N–H and O–H groups in total. The van der Waals surface area contributed by atoms with Gasteiger partial charge in [-0.05, 0) is 48.1 Å². The van der Waals surface area contributed by atoms with E-state index in [1.807, 2.05) is 60.7 Å². The molecule has 2 atom stereocenters. The standard InChI is InChI=1S/C30H34N2O4/c1-32(21-27(34)17-12-22-8-4-2-5-9-22)30(36)25(18-23-10-6-3-7-11-23)20-29(35)28(31)19-24-13-15-26(33)16-14-24/h2-11,13-16,25,28,33H,12,17-21,31H2,1H3/t25-,28-/m0/s1. The lowest BCUT2D eigenvalue weighted by molar-refractivity contribution is -0.139. The molecule has 0 aliphatic rings. The summed E-state index contributed by atoms with van der Waals surface area (Å²) in [6.45, 7) is 0.00467. The number of likely N-dealkylation sites (N-methyl/N-ethyl adjacent to an activating group) is 1. The van der Waals surface area contributed by atoms with Crippen molar-refractivity contribution >= 4 is 17.5 Å². The molecular formula is C30H34N2O4. The van der Waals surface area contributed by atoms with E-state index in [1.54, 1.807) is 31.3 Å². The second kappa shape index (κ2) is 13.4. The van der Waals surface area contributed by atoms with Gasteiger partial charge in [-0.1, -0.05) is 72.8 Å². The van der Waals surface area contributed by atoms with Crippen molar-refractivity contribution < 1.29 is 19.5 Å². The highest BCUT2D eigenvalue weighted by Gasteiger charge is 2.28. The molecule has 3 aromatic carbocycles. The minimum atomic E-state index is -0.765. The maximum atomic E-state index is 13.4. The summed E-state index contributed by atoms with van der Waals surface area (Å²) < 4.78 is 0. The van der Waals surface area contributed by atoms with Crippen molar-refractivity contribution in [1.29, 1.82) is 0 Å². The van der Waals surface area contributed by atoms with Crippen molar-refractivity contribution in [1.82, 2.24) is 4.90 Å². The zero-order valence-corrected chi connectivity index (χ0v) is 20.7. The molecule has 36 heavy (non-hydrogen) atoms. The minimum absolute atomic E-state index is 0.00444. The van der Waals surface area contributed by atoms with Crippen LogP contribution in [0.4, 0.5) is 0 Å². The number of phenols is 1. The molecule has 0 aliphatic carbocycles. The molecule has 0 heterocycles. The normalized spacial score (nSPS) is 12.5. The lowest BCUT2D eigenvalue weighted by Crippen LogP contribution is -2.41. The number of aryl methyl sites for hydroxylation is 1. The summed E-state index contributed by atoms with van der Waals surface area (Å²) in [5, 5.41) is 9.46. The van der Waals surface area contributed by atoms with Crippen molar-refractivity contribution in [2.24, 2.45) is 11.7 Å². The number of hydrogen-bond donors (Lipinski definition) is 2. The van der Waals surface area contributed by atoms with E-state index in [9.17, 15) is 19.5 Å². The summed E-state index contributed by atoms with van der Waals surface area (Å²) >= 11 is 0. The smallest absolute Gasteiger partial charge is 0.226 e. The second-order valence-electron chi connectivity index (χ2n) is 9.25. The molecule has 188 valence electrons. The van der Waals surface area contributed by atoms with Crippen LogP contribution in [0.5, 0.6) is 5.75 Å². The molecule has 0 spiro atoms. The molecule has 1 amide bonds. The lowest BCUT2D eigenvalue weighted by Gasteiger charge is -2.24.